The summed E-state index contributed by atoms with van der Waals surface area (Å²) in [5, 5.41) is 0. The van der Waals surface area contributed by atoms with Gasteiger partial charge in [-0.1, -0.05) is 25.1 Å². The van der Waals surface area contributed by atoms with Crippen LogP contribution in [-0.4, -0.2) is 6.61 Å². The second-order valence-corrected chi connectivity index (χ2v) is 2.99. The van der Waals surface area contributed by atoms with Gasteiger partial charge in [-0.25, -0.2) is 0 Å². The SMILES string of the molecule is C=CCc1cccc(OCCC)c1. The Bertz CT molecular complexity index is 266. The Morgan fingerprint density at radius 1 is 1.46 bits per heavy atom. The van der Waals surface area contributed by atoms with Gasteiger partial charge >= 0.3 is 0 Å². The summed E-state index contributed by atoms with van der Waals surface area (Å²) in [4.78, 5) is 0. The van der Waals surface area contributed by atoms with Gasteiger partial charge in [0.25, 0.3) is 0 Å². The molecule has 13 heavy (non-hydrogen) atoms. The minimum atomic E-state index is 0.789. The van der Waals surface area contributed by atoms with Gasteiger partial charge in [0.2, 0.25) is 0 Å². The van der Waals surface area contributed by atoms with E-state index in [1.54, 1.807) is 0 Å². The molecule has 1 heteroatoms. The fourth-order valence-electron chi connectivity index (χ4n) is 1.15. The molecule has 0 N–H and O–H groups in total. The fraction of sp³-hybridized carbons (Fsp3) is 0.333. The van der Waals surface area contributed by atoms with Gasteiger partial charge in [-0.15, -0.1) is 6.58 Å². The molecule has 0 saturated carbocycles. The topological polar surface area (TPSA) is 9.23 Å². The molecule has 0 heterocycles. The molecule has 1 aromatic carbocycles. The van der Waals surface area contributed by atoms with Crippen LogP contribution >= 0.6 is 0 Å². The maximum Gasteiger partial charge on any atom is 0.119 e. The lowest BCUT2D eigenvalue weighted by Gasteiger charge is -2.05. The second-order valence-electron chi connectivity index (χ2n) is 2.99. The zero-order chi connectivity index (χ0) is 9.52. The highest BCUT2D eigenvalue weighted by Crippen LogP contribution is 2.13. The van der Waals surface area contributed by atoms with Crippen molar-refractivity contribution in [2.75, 3.05) is 6.61 Å². The summed E-state index contributed by atoms with van der Waals surface area (Å²) in [7, 11) is 0. The first-order chi connectivity index (χ1) is 6.36. The molecule has 0 aliphatic heterocycles. The van der Waals surface area contributed by atoms with Crippen LogP contribution in [0.3, 0.4) is 0 Å². The molecule has 0 aliphatic rings. The third-order valence-corrected chi connectivity index (χ3v) is 1.75. The Balaban J connectivity index is 2.61. The van der Waals surface area contributed by atoms with Crippen molar-refractivity contribution < 1.29 is 4.74 Å². The summed E-state index contributed by atoms with van der Waals surface area (Å²) in [6, 6.07) is 8.16. The molecule has 0 fully saturated rings. The molecule has 0 radical (unpaired) electrons. The van der Waals surface area contributed by atoms with Crippen molar-refractivity contribution in [1.82, 2.24) is 0 Å². The molecule has 70 valence electrons. The summed E-state index contributed by atoms with van der Waals surface area (Å²) >= 11 is 0. The largest absolute Gasteiger partial charge is 0.494 e. The van der Waals surface area contributed by atoms with Crippen LogP contribution < -0.4 is 4.74 Å². The van der Waals surface area contributed by atoms with Crippen molar-refractivity contribution in [3.8, 4) is 5.75 Å². The Kier molecular flexibility index (Phi) is 4.10. The molecule has 1 rings (SSSR count). The molecule has 0 atom stereocenters. The van der Waals surface area contributed by atoms with Crippen LogP contribution in [0.5, 0.6) is 5.75 Å². The second kappa shape index (κ2) is 5.41. The molecule has 0 aliphatic carbocycles. The van der Waals surface area contributed by atoms with Crippen LogP contribution in [0.25, 0.3) is 0 Å². The molecule has 0 spiro atoms. The molecule has 1 aromatic rings. The molecule has 0 aromatic heterocycles. The highest BCUT2D eigenvalue weighted by atomic mass is 16.5. The molecule has 0 bridgehead atoms. The first-order valence-corrected chi connectivity index (χ1v) is 4.69. The summed E-state index contributed by atoms with van der Waals surface area (Å²) < 4.78 is 5.51. The third kappa shape index (κ3) is 3.32. The number of ether oxygens (including phenoxy) is 1. The van der Waals surface area contributed by atoms with E-state index in [4.69, 9.17) is 4.74 Å². The number of hydrogen-bond acceptors (Lipinski definition) is 1. The minimum absolute atomic E-state index is 0.789. The monoisotopic (exact) mass is 176 g/mol. The fourth-order valence-corrected chi connectivity index (χ4v) is 1.15. The van der Waals surface area contributed by atoms with Gasteiger partial charge in [0.1, 0.15) is 5.75 Å². The first kappa shape index (κ1) is 9.85. The van der Waals surface area contributed by atoms with Crippen LogP contribution in [0.2, 0.25) is 0 Å². The van der Waals surface area contributed by atoms with Gasteiger partial charge in [0, 0.05) is 0 Å². The summed E-state index contributed by atoms with van der Waals surface area (Å²) in [6.45, 7) is 6.60. The molecular weight excluding hydrogens is 160 g/mol. The Morgan fingerprint density at radius 2 is 2.31 bits per heavy atom. The van der Waals surface area contributed by atoms with Crippen LogP contribution in [0.4, 0.5) is 0 Å². The van der Waals surface area contributed by atoms with E-state index in [0.29, 0.717) is 0 Å². The smallest absolute Gasteiger partial charge is 0.119 e. The zero-order valence-corrected chi connectivity index (χ0v) is 8.12. The molecular formula is C12H16O. The van der Waals surface area contributed by atoms with E-state index in [-0.39, 0.29) is 0 Å². The Hall–Kier alpha value is -1.24. The lowest BCUT2D eigenvalue weighted by atomic mass is 10.1. The van der Waals surface area contributed by atoms with E-state index in [9.17, 15) is 0 Å². The van der Waals surface area contributed by atoms with Gasteiger partial charge in [0.15, 0.2) is 0 Å². The van der Waals surface area contributed by atoms with Crippen LogP contribution in [0.1, 0.15) is 18.9 Å². The third-order valence-electron chi connectivity index (χ3n) is 1.75. The predicted molar refractivity (Wildman–Crippen MR) is 56.1 cm³/mol. The van der Waals surface area contributed by atoms with Gasteiger partial charge in [-0.05, 0) is 30.5 Å². The average molecular weight is 176 g/mol. The van der Waals surface area contributed by atoms with E-state index < -0.39 is 0 Å². The number of benzene rings is 1. The maximum absolute atomic E-state index is 5.51. The minimum Gasteiger partial charge on any atom is -0.494 e. The average Bonchev–Trinajstić information content (AvgIpc) is 2.16. The van der Waals surface area contributed by atoms with Crippen molar-refractivity contribution in [2.45, 2.75) is 19.8 Å². The number of hydrogen-bond donors (Lipinski definition) is 0. The van der Waals surface area contributed by atoms with Gasteiger partial charge < -0.3 is 4.74 Å². The van der Waals surface area contributed by atoms with Crippen molar-refractivity contribution in [3.05, 3.63) is 42.5 Å². The van der Waals surface area contributed by atoms with Crippen molar-refractivity contribution >= 4 is 0 Å². The number of rotatable bonds is 5. The quantitative estimate of drug-likeness (QED) is 0.626. The lowest BCUT2D eigenvalue weighted by molar-refractivity contribution is 0.317. The van der Waals surface area contributed by atoms with Gasteiger partial charge in [-0.2, -0.15) is 0 Å². The number of allylic oxidation sites excluding steroid dienone is 1. The van der Waals surface area contributed by atoms with E-state index in [1.807, 2.05) is 18.2 Å². The zero-order valence-electron chi connectivity index (χ0n) is 8.12. The Morgan fingerprint density at radius 3 is 3.00 bits per heavy atom. The van der Waals surface area contributed by atoms with E-state index in [1.165, 1.54) is 5.56 Å². The summed E-state index contributed by atoms with van der Waals surface area (Å²) in [6.07, 6.45) is 3.86. The Labute approximate surface area is 80.0 Å². The standard InChI is InChI=1S/C12H16O/c1-3-6-11-7-5-8-12(10-11)13-9-4-2/h3,5,7-8,10H,1,4,6,9H2,2H3. The normalized spacial score (nSPS) is 9.62. The molecule has 0 amide bonds. The molecule has 0 saturated heterocycles. The summed E-state index contributed by atoms with van der Waals surface area (Å²) in [5.41, 5.74) is 1.25. The highest BCUT2D eigenvalue weighted by molar-refractivity contribution is 5.29. The van der Waals surface area contributed by atoms with Crippen molar-refractivity contribution in [1.29, 1.82) is 0 Å². The van der Waals surface area contributed by atoms with Gasteiger partial charge in [0.05, 0.1) is 6.61 Å². The van der Waals surface area contributed by atoms with Crippen LogP contribution in [0.15, 0.2) is 36.9 Å². The van der Waals surface area contributed by atoms with Crippen LogP contribution in [0, 0.1) is 0 Å². The van der Waals surface area contributed by atoms with E-state index >= 15 is 0 Å². The predicted octanol–water partition coefficient (Wildman–Crippen LogP) is 3.20. The molecule has 1 nitrogen and oxygen atoms in total. The van der Waals surface area contributed by atoms with Crippen molar-refractivity contribution in [3.63, 3.8) is 0 Å². The first-order valence-electron chi connectivity index (χ1n) is 4.69. The lowest BCUT2D eigenvalue weighted by Crippen LogP contribution is -1.95. The van der Waals surface area contributed by atoms with E-state index in [2.05, 4.69) is 25.6 Å². The molecule has 0 unspecified atom stereocenters. The maximum atomic E-state index is 5.51. The summed E-state index contributed by atoms with van der Waals surface area (Å²) in [5.74, 6) is 0.959. The van der Waals surface area contributed by atoms with Crippen molar-refractivity contribution in [2.24, 2.45) is 0 Å². The highest BCUT2D eigenvalue weighted by Gasteiger charge is 1.94. The van der Waals surface area contributed by atoms with Crippen LogP contribution in [-0.2, 0) is 6.42 Å². The van der Waals surface area contributed by atoms with Gasteiger partial charge in [-0.3, -0.25) is 0 Å². The van der Waals surface area contributed by atoms with E-state index in [0.717, 1.165) is 25.2 Å².